The summed E-state index contributed by atoms with van der Waals surface area (Å²) in [5.74, 6) is -0.946. The van der Waals surface area contributed by atoms with Crippen molar-refractivity contribution in [2.45, 2.75) is 59.9 Å². The van der Waals surface area contributed by atoms with Gasteiger partial charge in [-0.3, -0.25) is 9.59 Å². The number of nitrogens with one attached hydrogen (secondary N) is 1. The predicted molar refractivity (Wildman–Crippen MR) is 112 cm³/mol. The van der Waals surface area contributed by atoms with Gasteiger partial charge in [-0.25, -0.2) is 4.79 Å². The third kappa shape index (κ3) is 5.46. The van der Waals surface area contributed by atoms with Crippen LogP contribution in [0.25, 0.3) is 0 Å². The first-order valence-corrected chi connectivity index (χ1v) is 10.2. The van der Waals surface area contributed by atoms with Gasteiger partial charge in [0.25, 0.3) is 0 Å². The fourth-order valence-corrected chi connectivity index (χ4v) is 3.37. The van der Waals surface area contributed by atoms with Crippen LogP contribution in [0.1, 0.15) is 58.1 Å². The Hall–Kier alpha value is -2.63. The van der Waals surface area contributed by atoms with E-state index in [9.17, 15) is 14.4 Å². The molecule has 1 N–H and O–H groups in total. The number of benzene rings is 1. The summed E-state index contributed by atoms with van der Waals surface area (Å²) in [7, 11) is 0. The smallest absolute Gasteiger partial charge is 0.336 e. The van der Waals surface area contributed by atoms with Gasteiger partial charge in [-0.2, -0.15) is 0 Å². The van der Waals surface area contributed by atoms with E-state index in [1.807, 2.05) is 52.0 Å². The summed E-state index contributed by atoms with van der Waals surface area (Å²) < 4.78 is 5.28. The molecule has 1 aliphatic rings. The Labute approximate surface area is 173 Å². The molecule has 6 heteroatoms. The van der Waals surface area contributed by atoms with E-state index in [1.165, 1.54) is 4.90 Å². The number of esters is 1. The molecule has 29 heavy (non-hydrogen) atoms. The number of allylic oxidation sites excluding steroid dienone is 1. The summed E-state index contributed by atoms with van der Waals surface area (Å²) in [4.78, 5) is 39.5. The molecule has 0 saturated heterocycles. The van der Waals surface area contributed by atoms with Crippen molar-refractivity contribution in [2.75, 3.05) is 13.2 Å². The lowest BCUT2D eigenvalue weighted by Crippen LogP contribution is -2.46. The Bertz CT molecular complexity index is 796. The summed E-state index contributed by atoms with van der Waals surface area (Å²) >= 11 is 0. The number of carbonyl (C=O) groups excluding carboxylic acids is 3. The average molecular weight is 401 g/mol. The minimum absolute atomic E-state index is 0.00323. The molecule has 1 heterocycles. The van der Waals surface area contributed by atoms with Crippen LogP contribution in [-0.4, -0.2) is 41.9 Å². The van der Waals surface area contributed by atoms with Gasteiger partial charge in [0.05, 0.1) is 12.2 Å². The average Bonchev–Trinajstić information content (AvgIpc) is 2.65. The fourth-order valence-electron chi connectivity index (χ4n) is 3.37. The van der Waals surface area contributed by atoms with E-state index in [0.29, 0.717) is 11.3 Å². The van der Waals surface area contributed by atoms with Gasteiger partial charge in [0.2, 0.25) is 11.8 Å². The summed E-state index contributed by atoms with van der Waals surface area (Å²) in [6.07, 6.45) is 0.127. The molecule has 6 nitrogen and oxygen atoms in total. The third-order valence-corrected chi connectivity index (χ3v) is 5.49. The Kier molecular flexibility index (Phi) is 7.59. The summed E-state index contributed by atoms with van der Waals surface area (Å²) in [6.45, 7) is 11.6. The fraction of sp³-hybridized carbons (Fsp3) is 0.522. The molecule has 158 valence electrons. The largest absolute Gasteiger partial charge is 0.463 e. The molecular formula is C23H32N2O4. The van der Waals surface area contributed by atoms with Gasteiger partial charge in [0.1, 0.15) is 6.54 Å². The molecule has 0 radical (unpaired) electrons. The molecule has 1 aliphatic heterocycles. The number of ether oxygens (including phenoxy) is 1. The van der Waals surface area contributed by atoms with Gasteiger partial charge in [-0.1, -0.05) is 43.7 Å². The molecule has 2 rings (SSSR count). The van der Waals surface area contributed by atoms with Crippen molar-refractivity contribution >= 4 is 17.8 Å². The van der Waals surface area contributed by atoms with Crippen LogP contribution in [0.2, 0.25) is 0 Å². The van der Waals surface area contributed by atoms with E-state index in [0.717, 1.165) is 11.1 Å². The third-order valence-electron chi connectivity index (χ3n) is 5.49. The highest BCUT2D eigenvalue weighted by Gasteiger charge is 2.37. The first kappa shape index (κ1) is 22.7. The number of hydrogen-bond acceptors (Lipinski definition) is 4. The maximum Gasteiger partial charge on any atom is 0.336 e. The van der Waals surface area contributed by atoms with Gasteiger partial charge in [0.15, 0.2) is 0 Å². The quantitative estimate of drug-likeness (QED) is 0.713. The zero-order valence-corrected chi connectivity index (χ0v) is 18.2. The second-order valence-electron chi connectivity index (χ2n) is 7.97. The molecule has 0 fully saturated rings. The number of rotatable bonds is 7. The number of nitrogens with zero attached hydrogens (tertiary/aromatic N) is 1. The molecule has 2 amide bonds. The number of carbonyl (C=O) groups is 3. The lowest BCUT2D eigenvalue weighted by Gasteiger charge is -2.34. The number of aryl methyl sites for hydroxylation is 1. The number of amides is 2. The van der Waals surface area contributed by atoms with Crippen LogP contribution >= 0.6 is 0 Å². The monoisotopic (exact) mass is 400 g/mol. The Balaban J connectivity index is 2.37. The highest BCUT2D eigenvalue weighted by Crippen LogP contribution is 2.37. The molecule has 1 aromatic carbocycles. The van der Waals surface area contributed by atoms with Gasteiger partial charge in [-0.05, 0) is 39.2 Å². The Morgan fingerprint density at radius 1 is 1.17 bits per heavy atom. The van der Waals surface area contributed by atoms with Crippen molar-refractivity contribution in [1.29, 1.82) is 0 Å². The SMILES string of the molecule is CCOC(=O)C1=C(C)N(CC(=O)NC(C)C(C)C)C(=O)CC1c1ccc(C)cc1. The van der Waals surface area contributed by atoms with Crippen molar-refractivity contribution in [3.05, 3.63) is 46.7 Å². The van der Waals surface area contributed by atoms with Crippen LogP contribution in [0.4, 0.5) is 0 Å². The standard InChI is InChI=1S/C23H32N2O4/c1-7-29-23(28)22-17(6)25(13-20(26)24-16(5)14(2)3)21(27)12-19(22)18-10-8-15(4)9-11-18/h8-11,14,16,19H,7,12-13H2,1-6H3,(H,24,26). The lowest BCUT2D eigenvalue weighted by atomic mass is 9.83. The predicted octanol–water partition coefficient (Wildman–Crippen LogP) is 3.31. The highest BCUT2D eigenvalue weighted by molar-refractivity contribution is 5.97. The molecule has 0 bridgehead atoms. The zero-order valence-electron chi connectivity index (χ0n) is 18.2. The van der Waals surface area contributed by atoms with Crippen molar-refractivity contribution in [2.24, 2.45) is 5.92 Å². The second kappa shape index (κ2) is 9.72. The van der Waals surface area contributed by atoms with Crippen LogP contribution < -0.4 is 5.32 Å². The van der Waals surface area contributed by atoms with Crippen LogP contribution in [0.3, 0.4) is 0 Å². The van der Waals surface area contributed by atoms with Crippen molar-refractivity contribution in [1.82, 2.24) is 10.2 Å². The van der Waals surface area contributed by atoms with Crippen LogP contribution in [-0.2, 0) is 19.1 Å². The summed E-state index contributed by atoms with van der Waals surface area (Å²) in [5, 5.41) is 2.91. The van der Waals surface area contributed by atoms with E-state index < -0.39 is 5.97 Å². The Morgan fingerprint density at radius 2 is 1.79 bits per heavy atom. The number of hydrogen-bond donors (Lipinski definition) is 1. The van der Waals surface area contributed by atoms with Gasteiger partial charge >= 0.3 is 5.97 Å². The molecular weight excluding hydrogens is 368 g/mol. The van der Waals surface area contributed by atoms with Gasteiger partial charge in [0, 0.05) is 24.1 Å². The minimum Gasteiger partial charge on any atom is -0.463 e. The van der Waals surface area contributed by atoms with Crippen LogP contribution in [0.5, 0.6) is 0 Å². The lowest BCUT2D eigenvalue weighted by molar-refractivity contribution is -0.141. The van der Waals surface area contributed by atoms with E-state index in [-0.39, 0.29) is 49.3 Å². The van der Waals surface area contributed by atoms with Crippen molar-refractivity contribution in [3.63, 3.8) is 0 Å². The summed E-state index contributed by atoms with van der Waals surface area (Å²) in [5.41, 5.74) is 2.92. The topological polar surface area (TPSA) is 75.7 Å². The second-order valence-corrected chi connectivity index (χ2v) is 7.97. The van der Waals surface area contributed by atoms with E-state index in [1.54, 1.807) is 13.8 Å². The van der Waals surface area contributed by atoms with E-state index in [2.05, 4.69) is 5.32 Å². The van der Waals surface area contributed by atoms with Crippen LogP contribution in [0.15, 0.2) is 35.5 Å². The normalized spacial score (nSPS) is 18.1. The zero-order chi connectivity index (χ0) is 21.7. The first-order chi connectivity index (χ1) is 13.6. The van der Waals surface area contributed by atoms with E-state index in [4.69, 9.17) is 4.74 Å². The molecule has 2 atom stereocenters. The van der Waals surface area contributed by atoms with Crippen molar-refractivity contribution < 1.29 is 19.1 Å². The Morgan fingerprint density at radius 3 is 2.34 bits per heavy atom. The van der Waals surface area contributed by atoms with E-state index >= 15 is 0 Å². The van der Waals surface area contributed by atoms with Gasteiger partial charge < -0.3 is 15.0 Å². The van der Waals surface area contributed by atoms with Gasteiger partial charge in [-0.15, -0.1) is 0 Å². The minimum atomic E-state index is -0.441. The maximum atomic E-state index is 12.9. The van der Waals surface area contributed by atoms with Crippen LogP contribution in [0, 0.1) is 12.8 Å². The van der Waals surface area contributed by atoms with Crippen molar-refractivity contribution in [3.8, 4) is 0 Å². The molecule has 0 aromatic heterocycles. The summed E-state index contributed by atoms with van der Waals surface area (Å²) in [6, 6.07) is 7.80. The molecule has 0 spiro atoms. The molecule has 0 saturated carbocycles. The molecule has 1 aromatic rings. The first-order valence-electron chi connectivity index (χ1n) is 10.2. The molecule has 0 aliphatic carbocycles. The highest BCUT2D eigenvalue weighted by atomic mass is 16.5. The maximum absolute atomic E-state index is 12.9. The molecule has 2 unspecified atom stereocenters.